The average molecular weight is 206 g/mol. The molecule has 0 amide bonds. The number of rotatable bonds is 4. The van der Waals surface area contributed by atoms with Crippen molar-refractivity contribution in [2.45, 2.75) is 32.0 Å². The molecule has 1 aliphatic heterocycles. The van der Waals surface area contributed by atoms with Crippen LogP contribution in [0.2, 0.25) is 0 Å². The first-order valence-corrected chi connectivity index (χ1v) is 4.29. The zero-order valence-electron chi connectivity index (χ0n) is 7.89. The third kappa shape index (κ3) is 3.06. The van der Waals surface area contributed by atoms with Gasteiger partial charge in [0.15, 0.2) is 0 Å². The Morgan fingerprint density at radius 1 is 1.71 bits per heavy atom. The van der Waals surface area contributed by atoms with Gasteiger partial charge in [0.25, 0.3) is 0 Å². The molecule has 0 aromatic heterocycles. The highest BCUT2D eigenvalue weighted by Gasteiger charge is 2.46. The fourth-order valence-corrected chi connectivity index (χ4v) is 1.07. The van der Waals surface area contributed by atoms with E-state index in [0.717, 1.165) is 0 Å². The molecule has 1 fully saturated rings. The lowest BCUT2D eigenvalue weighted by Gasteiger charge is -2.34. The van der Waals surface area contributed by atoms with Gasteiger partial charge in [-0.2, -0.15) is 8.78 Å². The second-order valence-electron chi connectivity index (χ2n) is 3.29. The van der Waals surface area contributed by atoms with Gasteiger partial charge in [0, 0.05) is 12.0 Å². The quantitative estimate of drug-likeness (QED) is 0.520. The predicted molar refractivity (Wildman–Crippen MR) is 44.8 cm³/mol. The van der Waals surface area contributed by atoms with Gasteiger partial charge in [0.2, 0.25) is 0 Å². The number of hydrogen-bond acceptors (Lipinski definition) is 3. The van der Waals surface area contributed by atoms with Crippen LogP contribution in [0.3, 0.4) is 0 Å². The minimum absolute atomic E-state index is 0.0897. The summed E-state index contributed by atoms with van der Waals surface area (Å²) in [6, 6.07) is 0. The van der Waals surface area contributed by atoms with Crippen LogP contribution < -0.4 is 0 Å². The van der Waals surface area contributed by atoms with Crippen LogP contribution in [0.1, 0.15) is 19.8 Å². The van der Waals surface area contributed by atoms with Gasteiger partial charge in [-0.3, -0.25) is 0 Å². The summed E-state index contributed by atoms with van der Waals surface area (Å²) in [4.78, 5) is 10.8. The van der Waals surface area contributed by atoms with Gasteiger partial charge in [-0.05, 0) is 6.92 Å². The zero-order chi connectivity index (χ0) is 10.8. The molecule has 1 saturated heterocycles. The van der Waals surface area contributed by atoms with Crippen molar-refractivity contribution in [2.24, 2.45) is 0 Å². The van der Waals surface area contributed by atoms with Crippen LogP contribution >= 0.6 is 0 Å². The summed E-state index contributed by atoms with van der Waals surface area (Å²) in [7, 11) is 0. The first kappa shape index (κ1) is 11.1. The third-order valence-electron chi connectivity index (χ3n) is 1.83. The smallest absolute Gasteiger partial charge is 0.358 e. The summed E-state index contributed by atoms with van der Waals surface area (Å²) in [6.07, 6.45) is -3.47. The van der Waals surface area contributed by atoms with Gasteiger partial charge in [-0.1, -0.05) is 6.58 Å². The lowest BCUT2D eigenvalue weighted by Crippen LogP contribution is -2.43. The molecule has 0 saturated carbocycles. The Kier molecular flexibility index (Phi) is 3.21. The fourth-order valence-electron chi connectivity index (χ4n) is 1.07. The van der Waals surface area contributed by atoms with Crippen LogP contribution in [0.5, 0.6) is 0 Å². The molecule has 1 atom stereocenters. The second kappa shape index (κ2) is 4.04. The van der Waals surface area contributed by atoms with E-state index >= 15 is 0 Å². The Labute approximate surface area is 80.7 Å². The van der Waals surface area contributed by atoms with E-state index in [9.17, 15) is 13.6 Å². The zero-order valence-corrected chi connectivity index (χ0v) is 7.89. The average Bonchev–Trinajstić information content (AvgIpc) is 2.00. The van der Waals surface area contributed by atoms with E-state index in [1.54, 1.807) is 0 Å². The van der Waals surface area contributed by atoms with E-state index < -0.39 is 18.2 Å². The molecule has 0 radical (unpaired) electrons. The van der Waals surface area contributed by atoms with E-state index in [2.05, 4.69) is 11.3 Å². The minimum atomic E-state index is -2.98. The first-order valence-electron chi connectivity index (χ1n) is 4.29. The summed E-state index contributed by atoms with van der Waals surface area (Å²) >= 11 is 0. The van der Waals surface area contributed by atoms with Gasteiger partial charge >= 0.3 is 12.1 Å². The van der Waals surface area contributed by atoms with Crippen molar-refractivity contribution in [1.29, 1.82) is 0 Å². The topological polar surface area (TPSA) is 35.5 Å². The van der Waals surface area contributed by atoms with Crippen molar-refractivity contribution in [3.8, 4) is 0 Å². The van der Waals surface area contributed by atoms with E-state index in [-0.39, 0.29) is 13.0 Å². The van der Waals surface area contributed by atoms with Crippen LogP contribution in [0.25, 0.3) is 0 Å². The predicted octanol–water partition coefficient (Wildman–Crippen LogP) is 1.88. The number of esters is 1. The number of halogens is 2. The Morgan fingerprint density at radius 3 is 2.71 bits per heavy atom. The molecule has 0 aliphatic carbocycles. The molecule has 0 bridgehead atoms. The van der Waals surface area contributed by atoms with Crippen molar-refractivity contribution in [1.82, 2.24) is 0 Å². The SMILES string of the molecule is C=C(C)C(=O)OCCC1CC(F)(F)O1. The molecule has 14 heavy (non-hydrogen) atoms. The minimum Gasteiger partial charge on any atom is -0.462 e. The lowest BCUT2D eigenvalue weighted by atomic mass is 10.1. The van der Waals surface area contributed by atoms with Gasteiger partial charge in [-0.15, -0.1) is 0 Å². The maximum atomic E-state index is 12.2. The van der Waals surface area contributed by atoms with Crippen molar-refractivity contribution in [3.05, 3.63) is 12.2 Å². The molecule has 0 aromatic rings. The largest absolute Gasteiger partial charge is 0.462 e. The van der Waals surface area contributed by atoms with Gasteiger partial charge in [0.1, 0.15) is 0 Å². The van der Waals surface area contributed by atoms with Gasteiger partial charge in [0.05, 0.1) is 19.1 Å². The normalized spacial score (nSPS) is 23.8. The summed E-state index contributed by atoms with van der Waals surface area (Å²) in [6.45, 7) is 5.00. The fraction of sp³-hybridized carbons (Fsp3) is 0.667. The molecule has 0 spiro atoms. The molecular formula is C9H12F2O3. The Balaban J connectivity index is 2.06. The second-order valence-corrected chi connectivity index (χ2v) is 3.29. The monoisotopic (exact) mass is 206 g/mol. The summed E-state index contributed by atoms with van der Waals surface area (Å²) < 4.78 is 33.3. The number of carbonyl (C=O) groups excluding carboxylic acids is 1. The van der Waals surface area contributed by atoms with E-state index in [1.165, 1.54) is 6.92 Å². The van der Waals surface area contributed by atoms with E-state index in [4.69, 9.17) is 4.74 Å². The molecule has 5 heteroatoms. The van der Waals surface area contributed by atoms with Crippen LogP contribution in [0, 0.1) is 0 Å². The maximum Gasteiger partial charge on any atom is 0.358 e. The third-order valence-corrected chi connectivity index (χ3v) is 1.83. The summed E-state index contributed by atoms with van der Waals surface area (Å²) in [5, 5.41) is 0. The highest BCUT2D eigenvalue weighted by Crippen LogP contribution is 2.36. The molecular weight excluding hydrogens is 194 g/mol. The van der Waals surface area contributed by atoms with Gasteiger partial charge < -0.3 is 9.47 Å². The first-order chi connectivity index (χ1) is 6.41. The molecule has 1 heterocycles. The molecule has 1 rings (SSSR count). The van der Waals surface area contributed by atoms with Crippen molar-refractivity contribution < 1.29 is 23.0 Å². The summed E-state index contributed by atoms with van der Waals surface area (Å²) in [5.74, 6) is -0.504. The number of hydrogen-bond donors (Lipinski definition) is 0. The Morgan fingerprint density at radius 2 is 2.29 bits per heavy atom. The van der Waals surface area contributed by atoms with Crippen molar-refractivity contribution in [2.75, 3.05) is 6.61 Å². The number of alkyl halides is 2. The maximum absolute atomic E-state index is 12.2. The molecule has 80 valence electrons. The Bertz CT molecular complexity index is 242. The van der Waals surface area contributed by atoms with E-state index in [0.29, 0.717) is 12.0 Å². The summed E-state index contributed by atoms with van der Waals surface area (Å²) in [5.41, 5.74) is 0.296. The molecule has 0 aromatic carbocycles. The standard InChI is InChI=1S/C9H12F2O3/c1-6(2)8(12)13-4-3-7-5-9(10,11)14-7/h7H,1,3-5H2,2H3. The molecule has 1 aliphatic rings. The van der Waals surface area contributed by atoms with Crippen LogP contribution in [-0.4, -0.2) is 24.8 Å². The van der Waals surface area contributed by atoms with Gasteiger partial charge in [-0.25, -0.2) is 4.79 Å². The lowest BCUT2D eigenvalue weighted by molar-refractivity contribution is -0.352. The number of ether oxygens (including phenoxy) is 2. The molecule has 1 unspecified atom stereocenters. The van der Waals surface area contributed by atoms with Crippen LogP contribution in [0.4, 0.5) is 8.78 Å². The van der Waals surface area contributed by atoms with Crippen LogP contribution in [0.15, 0.2) is 12.2 Å². The van der Waals surface area contributed by atoms with E-state index in [1.807, 2.05) is 0 Å². The molecule has 3 nitrogen and oxygen atoms in total. The number of carbonyl (C=O) groups is 1. The van der Waals surface area contributed by atoms with Crippen molar-refractivity contribution in [3.63, 3.8) is 0 Å². The highest BCUT2D eigenvalue weighted by atomic mass is 19.3. The highest BCUT2D eigenvalue weighted by molar-refractivity contribution is 5.86. The van der Waals surface area contributed by atoms with Crippen LogP contribution in [-0.2, 0) is 14.3 Å². The van der Waals surface area contributed by atoms with Crippen molar-refractivity contribution >= 4 is 5.97 Å². The molecule has 0 N–H and O–H groups in total. The Hall–Kier alpha value is -0.970.